The van der Waals surface area contributed by atoms with E-state index in [1.165, 1.54) is 0 Å². The number of aromatic amines is 1. The summed E-state index contributed by atoms with van der Waals surface area (Å²) in [5, 5.41) is 10.5. The molecule has 0 bridgehead atoms. The molecular weight excluding hydrogens is 240 g/mol. The second-order valence-electron chi connectivity index (χ2n) is 4.08. The van der Waals surface area contributed by atoms with Crippen LogP contribution in [0.15, 0.2) is 18.2 Å². The molecule has 1 aromatic heterocycles. The van der Waals surface area contributed by atoms with Gasteiger partial charge in [0.2, 0.25) is 0 Å². The number of aromatic nitrogens is 1. The number of fused-ring (bicyclic) bond motifs is 1. The van der Waals surface area contributed by atoms with Crippen molar-refractivity contribution in [2.45, 2.75) is 19.4 Å². The lowest BCUT2D eigenvalue weighted by atomic mass is 10.1. The molecule has 1 unspecified atom stereocenters. The molecule has 0 aliphatic carbocycles. The maximum absolute atomic E-state index is 10.7. The minimum absolute atomic E-state index is 0.279. The Kier molecular flexibility index (Phi) is 3.09. The molecule has 0 saturated heterocycles. The van der Waals surface area contributed by atoms with Gasteiger partial charge in [0.25, 0.3) is 0 Å². The second kappa shape index (κ2) is 4.39. The fourth-order valence-electron chi connectivity index (χ4n) is 1.81. The lowest BCUT2D eigenvalue weighted by molar-refractivity contribution is -0.138. The Morgan fingerprint density at radius 3 is 2.94 bits per heavy atom. The number of carboxylic acids is 1. The van der Waals surface area contributed by atoms with Gasteiger partial charge in [-0.3, -0.25) is 4.79 Å². The fourth-order valence-corrected chi connectivity index (χ4v) is 1.97. The topological polar surface area (TPSA) is 79.1 Å². The normalized spacial score (nSPS) is 12.9. The van der Waals surface area contributed by atoms with E-state index in [0.29, 0.717) is 5.02 Å². The van der Waals surface area contributed by atoms with Crippen LogP contribution in [0.2, 0.25) is 5.02 Å². The monoisotopic (exact) mass is 252 g/mol. The molecule has 0 spiro atoms. The van der Waals surface area contributed by atoms with Crippen molar-refractivity contribution < 1.29 is 9.90 Å². The molecular formula is C12H13ClN2O2. The second-order valence-corrected chi connectivity index (χ2v) is 4.49. The lowest BCUT2D eigenvalue weighted by Crippen LogP contribution is -2.32. The van der Waals surface area contributed by atoms with Gasteiger partial charge in [0.05, 0.1) is 5.52 Å². The van der Waals surface area contributed by atoms with E-state index in [2.05, 4.69) is 4.98 Å². The molecule has 4 N–H and O–H groups in total. The Balaban J connectivity index is 2.38. The summed E-state index contributed by atoms with van der Waals surface area (Å²) >= 11 is 6.01. The van der Waals surface area contributed by atoms with Gasteiger partial charge in [0.1, 0.15) is 6.04 Å². The number of carbonyl (C=O) groups is 1. The molecule has 17 heavy (non-hydrogen) atoms. The van der Waals surface area contributed by atoms with Gasteiger partial charge in [0.15, 0.2) is 0 Å². The quantitative estimate of drug-likeness (QED) is 0.783. The Morgan fingerprint density at radius 2 is 2.29 bits per heavy atom. The van der Waals surface area contributed by atoms with Crippen LogP contribution < -0.4 is 5.73 Å². The standard InChI is InChI=1S/C12H13ClN2O2/c1-6-9(13)3-2-7-4-8(15-11(6)7)5-10(14)12(16)17/h2-4,10,15H,5,14H2,1H3,(H,16,17). The minimum atomic E-state index is -1.00. The molecule has 2 rings (SSSR count). The van der Waals surface area contributed by atoms with E-state index in [9.17, 15) is 4.79 Å². The first-order chi connectivity index (χ1) is 7.99. The van der Waals surface area contributed by atoms with Gasteiger partial charge >= 0.3 is 5.97 Å². The summed E-state index contributed by atoms with van der Waals surface area (Å²) in [6.45, 7) is 1.92. The van der Waals surface area contributed by atoms with E-state index in [-0.39, 0.29) is 6.42 Å². The van der Waals surface area contributed by atoms with E-state index in [1.54, 1.807) is 0 Å². The van der Waals surface area contributed by atoms with Gasteiger partial charge in [0, 0.05) is 22.5 Å². The molecule has 90 valence electrons. The van der Waals surface area contributed by atoms with Crippen LogP contribution in [0, 0.1) is 6.92 Å². The number of hydrogen-bond acceptors (Lipinski definition) is 2. The number of aryl methyl sites for hydroxylation is 1. The Bertz CT molecular complexity index is 577. The zero-order valence-corrected chi connectivity index (χ0v) is 10.1. The van der Waals surface area contributed by atoms with Crippen LogP contribution in [0.3, 0.4) is 0 Å². The van der Waals surface area contributed by atoms with E-state index in [1.807, 2.05) is 25.1 Å². The van der Waals surface area contributed by atoms with Crippen molar-refractivity contribution in [1.29, 1.82) is 0 Å². The smallest absolute Gasteiger partial charge is 0.320 e. The Hall–Kier alpha value is -1.52. The highest BCUT2D eigenvalue weighted by Crippen LogP contribution is 2.25. The fraction of sp³-hybridized carbons (Fsp3) is 0.250. The van der Waals surface area contributed by atoms with Crippen molar-refractivity contribution >= 4 is 28.5 Å². The molecule has 0 aliphatic rings. The zero-order chi connectivity index (χ0) is 12.6. The highest BCUT2D eigenvalue weighted by molar-refractivity contribution is 6.32. The van der Waals surface area contributed by atoms with Crippen LogP contribution in [0.25, 0.3) is 10.9 Å². The van der Waals surface area contributed by atoms with Crippen molar-refractivity contribution in [3.8, 4) is 0 Å². The number of benzene rings is 1. The molecule has 0 amide bonds. The van der Waals surface area contributed by atoms with E-state index in [0.717, 1.165) is 22.2 Å². The predicted molar refractivity (Wildman–Crippen MR) is 67.4 cm³/mol. The number of halogens is 1. The molecule has 5 heteroatoms. The number of aliphatic carboxylic acids is 1. The molecule has 4 nitrogen and oxygen atoms in total. The Labute approximate surface area is 103 Å². The van der Waals surface area contributed by atoms with Crippen molar-refractivity contribution in [2.75, 3.05) is 0 Å². The van der Waals surface area contributed by atoms with Crippen molar-refractivity contribution in [3.63, 3.8) is 0 Å². The van der Waals surface area contributed by atoms with Crippen LogP contribution >= 0.6 is 11.6 Å². The first-order valence-corrected chi connectivity index (χ1v) is 5.62. The largest absolute Gasteiger partial charge is 0.480 e. The van der Waals surface area contributed by atoms with Crippen LogP contribution in [0.4, 0.5) is 0 Å². The zero-order valence-electron chi connectivity index (χ0n) is 9.33. The number of rotatable bonds is 3. The molecule has 1 aromatic carbocycles. The molecule has 2 aromatic rings. The highest BCUT2D eigenvalue weighted by atomic mass is 35.5. The van der Waals surface area contributed by atoms with Gasteiger partial charge in [-0.25, -0.2) is 0 Å². The summed E-state index contributed by atoms with van der Waals surface area (Å²) in [6.07, 6.45) is 0.279. The number of H-pyrrole nitrogens is 1. The molecule has 1 heterocycles. The number of hydrogen-bond donors (Lipinski definition) is 3. The summed E-state index contributed by atoms with van der Waals surface area (Å²) in [5.41, 5.74) is 8.19. The average Bonchev–Trinajstić information content (AvgIpc) is 2.67. The van der Waals surface area contributed by atoms with E-state index < -0.39 is 12.0 Å². The first-order valence-electron chi connectivity index (χ1n) is 5.24. The van der Waals surface area contributed by atoms with Gasteiger partial charge in [-0.1, -0.05) is 17.7 Å². The van der Waals surface area contributed by atoms with E-state index in [4.69, 9.17) is 22.4 Å². The van der Waals surface area contributed by atoms with Gasteiger partial charge in [-0.05, 0) is 24.6 Å². The maximum atomic E-state index is 10.7. The first kappa shape index (κ1) is 12.0. The summed E-state index contributed by atoms with van der Waals surface area (Å²) in [4.78, 5) is 13.8. The molecule has 0 saturated carbocycles. The number of nitrogens with two attached hydrogens (primary N) is 1. The predicted octanol–water partition coefficient (Wildman–Crippen LogP) is 2.08. The summed E-state index contributed by atoms with van der Waals surface area (Å²) in [7, 11) is 0. The van der Waals surface area contributed by atoms with Gasteiger partial charge in [-0.2, -0.15) is 0 Å². The van der Waals surface area contributed by atoms with Crippen LogP contribution in [0.1, 0.15) is 11.3 Å². The number of carboxylic acid groups (broad SMARTS) is 1. The van der Waals surface area contributed by atoms with Gasteiger partial charge in [-0.15, -0.1) is 0 Å². The maximum Gasteiger partial charge on any atom is 0.320 e. The third kappa shape index (κ3) is 2.28. The van der Waals surface area contributed by atoms with Crippen LogP contribution in [-0.4, -0.2) is 22.1 Å². The lowest BCUT2D eigenvalue weighted by Gasteiger charge is -2.03. The van der Waals surface area contributed by atoms with Crippen molar-refractivity contribution in [2.24, 2.45) is 5.73 Å². The van der Waals surface area contributed by atoms with Crippen molar-refractivity contribution in [1.82, 2.24) is 4.98 Å². The Morgan fingerprint density at radius 1 is 1.59 bits per heavy atom. The van der Waals surface area contributed by atoms with Gasteiger partial charge < -0.3 is 15.8 Å². The molecule has 1 atom stereocenters. The molecule has 0 fully saturated rings. The third-order valence-corrected chi connectivity index (χ3v) is 3.21. The number of nitrogens with one attached hydrogen (secondary N) is 1. The van der Waals surface area contributed by atoms with E-state index >= 15 is 0 Å². The summed E-state index contributed by atoms with van der Waals surface area (Å²) < 4.78 is 0. The minimum Gasteiger partial charge on any atom is -0.480 e. The molecule has 0 radical (unpaired) electrons. The average molecular weight is 253 g/mol. The van der Waals surface area contributed by atoms with Crippen LogP contribution in [0.5, 0.6) is 0 Å². The summed E-state index contributed by atoms with van der Waals surface area (Å²) in [5.74, 6) is -1.00. The summed E-state index contributed by atoms with van der Waals surface area (Å²) in [6, 6.07) is 4.74. The molecule has 0 aliphatic heterocycles. The third-order valence-electron chi connectivity index (χ3n) is 2.80. The van der Waals surface area contributed by atoms with Crippen LogP contribution in [-0.2, 0) is 11.2 Å². The SMILES string of the molecule is Cc1c(Cl)ccc2cc(CC(N)C(=O)O)[nH]c12. The highest BCUT2D eigenvalue weighted by Gasteiger charge is 2.14. The van der Waals surface area contributed by atoms with Crippen molar-refractivity contribution in [3.05, 3.63) is 34.5 Å².